The maximum atomic E-state index is 12.7. The Hall–Kier alpha value is -3.13. The Morgan fingerprint density at radius 1 is 1.03 bits per heavy atom. The van der Waals surface area contributed by atoms with E-state index in [0.717, 1.165) is 10.6 Å². The summed E-state index contributed by atoms with van der Waals surface area (Å²) in [4.78, 5) is 14.0. The molecular weight excluding hydrogens is 402 g/mol. The van der Waals surface area contributed by atoms with Crippen LogP contribution >= 0.6 is 11.3 Å². The molecule has 3 rings (SSSR count). The van der Waals surface area contributed by atoms with Crippen LogP contribution in [0.15, 0.2) is 36.7 Å². The van der Waals surface area contributed by atoms with Gasteiger partial charge < -0.3 is 29.4 Å². The van der Waals surface area contributed by atoms with Gasteiger partial charge in [0.25, 0.3) is 0 Å². The zero-order chi connectivity index (χ0) is 21.8. The number of aromatic nitrogens is 1. The summed E-state index contributed by atoms with van der Waals surface area (Å²) in [6, 6.07) is 6.86. The first-order valence-electron chi connectivity index (χ1n) is 9.50. The Balaban J connectivity index is 1.81. The number of ether oxygens (including phenoxy) is 3. The van der Waals surface area contributed by atoms with E-state index in [9.17, 15) is 4.79 Å². The van der Waals surface area contributed by atoms with Crippen LogP contribution in [0.2, 0.25) is 0 Å². The maximum absolute atomic E-state index is 12.7. The molecular formula is C22H27N3O4S. The number of methoxy groups -OCH3 is 3. The van der Waals surface area contributed by atoms with Crippen LogP contribution in [0.25, 0.3) is 5.00 Å². The van der Waals surface area contributed by atoms with Crippen molar-refractivity contribution in [3.8, 4) is 22.2 Å². The second-order valence-corrected chi connectivity index (χ2v) is 8.03. The van der Waals surface area contributed by atoms with Crippen LogP contribution in [0.1, 0.15) is 29.0 Å². The van der Waals surface area contributed by atoms with Crippen LogP contribution in [-0.4, -0.2) is 31.9 Å². The third-order valence-corrected chi connectivity index (χ3v) is 6.19. The molecule has 2 amide bonds. The lowest BCUT2D eigenvalue weighted by Gasteiger charge is -2.18. The molecule has 3 aromatic rings. The van der Waals surface area contributed by atoms with Gasteiger partial charge in [-0.15, -0.1) is 11.3 Å². The molecule has 0 aliphatic heterocycles. The van der Waals surface area contributed by atoms with E-state index in [4.69, 9.17) is 14.2 Å². The summed E-state index contributed by atoms with van der Waals surface area (Å²) < 4.78 is 18.1. The van der Waals surface area contributed by atoms with Crippen molar-refractivity contribution >= 4 is 23.1 Å². The first kappa shape index (κ1) is 21.6. The lowest BCUT2D eigenvalue weighted by Crippen LogP contribution is -2.31. The number of thiophene rings is 1. The fourth-order valence-electron chi connectivity index (χ4n) is 3.39. The van der Waals surface area contributed by atoms with Gasteiger partial charge in [-0.2, -0.15) is 0 Å². The number of nitrogens with one attached hydrogen (secondary N) is 2. The third-order valence-electron chi connectivity index (χ3n) is 4.95. The van der Waals surface area contributed by atoms with Crippen LogP contribution in [0, 0.1) is 13.8 Å². The zero-order valence-electron chi connectivity index (χ0n) is 18.0. The lowest BCUT2D eigenvalue weighted by molar-refractivity contribution is 0.249. The second kappa shape index (κ2) is 9.13. The summed E-state index contributed by atoms with van der Waals surface area (Å²) >= 11 is 1.72. The van der Waals surface area contributed by atoms with E-state index < -0.39 is 0 Å². The van der Waals surface area contributed by atoms with Gasteiger partial charge in [0.15, 0.2) is 11.5 Å². The molecule has 0 aliphatic rings. The highest BCUT2D eigenvalue weighted by Gasteiger charge is 2.21. The van der Waals surface area contributed by atoms with E-state index in [1.165, 1.54) is 31.8 Å². The number of carbonyl (C=O) groups is 1. The average molecular weight is 430 g/mol. The van der Waals surface area contributed by atoms with E-state index >= 15 is 0 Å². The molecule has 7 nitrogen and oxygen atoms in total. The van der Waals surface area contributed by atoms with Gasteiger partial charge >= 0.3 is 6.03 Å². The molecule has 0 aliphatic carbocycles. The molecule has 0 saturated carbocycles. The number of anilines is 1. The van der Waals surface area contributed by atoms with E-state index in [-0.39, 0.29) is 12.1 Å². The van der Waals surface area contributed by atoms with Crippen molar-refractivity contribution in [1.29, 1.82) is 0 Å². The fraction of sp³-hybridized carbons (Fsp3) is 0.318. The zero-order valence-corrected chi connectivity index (χ0v) is 18.8. The number of urea groups is 1. The average Bonchev–Trinajstić information content (AvgIpc) is 3.35. The number of benzene rings is 1. The summed E-state index contributed by atoms with van der Waals surface area (Å²) in [5.41, 5.74) is 2.83. The first-order chi connectivity index (χ1) is 14.4. The SMILES string of the molecule is COc1cc(NC(=O)N[C@@H](C)c2c(-n3cccc3)sc(C)c2C)cc(OC)c1OC. The first-order valence-corrected chi connectivity index (χ1v) is 10.3. The standard InChI is InChI=1S/C22H27N3O4S/c1-13-15(3)30-21(25-9-7-8-10-25)19(13)14(2)23-22(26)24-16-11-17(27-4)20(29-6)18(12-16)28-5/h7-12,14H,1-6H3,(H2,23,24,26)/t14-/m0/s1. The van der Waals surface area contributed by atoms with E-state index in [2.05, 4.69) is 29.0 Å². The van der Waals surface area contributed by atoms with Gasteiger partial charge in [-0.25, -0.2) is 4.79 Å². The van der Waals surface area contributed by atoms with Crippen LogP contribution in [0.4, 0.5) is 10.5 Å². The molecule has 2 N–H and O–H groups in total. The van der Waals surface area contributed by atoms with Gasteiger partial charge in [0.05, 0.1) is 33.1 Å². The van der Waals surface area contributed by atoms with E-state index in [1.807, 2.05) is 31.5 Å². The van der Waals surface area contributed by atoms with Crippen molar-refractivity contribution < 1.29 is 19.0 Å². The minimum Gasteiger partial charge on any atom is -0.493 e. The van der Waals surface area contributed by atoms with Gasteiger partial charge in [0.2, 0.25) is 5.75 Å². The summed E-state index contributed by atoms with van der Waals surface area (Å²) in [5.74, 6) is 1.42. The van der Waals surface area contributed by atoms with Crippen molar-refractivity contribution in [3.05, 3.63) is 52.7 Å². The Bertz CT molecular complexity index is 1000. The van der Waals surface area contributed by atoms with Crippen LogP contribution < -0.4 is 24.8 Å². The summed E-state index contributed by atoms with van der Waals surface area (Å²) in [5, 5.41) is 7.00. The predicted molar refractivity (Wildman–Crippen MR) is 120 cm³/mol. The van der Waals surface area contributed by atoms with Crippen molar-refractivity contribution in [2.75, 3.05) is 26.6 Å². The summed E-state index contributed by atoms with van der Waals surface area (Å²) in [6.07, 6.45) is 4.02. The number of amides is 2. The van der Waals surface area contributed by atoms with Crippen LogP contribution in [0.3, 0.4) is 0 Å². The molecule has 2 aromatic heterocycles. The number of nitrogens with zero attached hydrogens (tertiary/aromatic N) is 1. The largest absolute Gasteiger partial charge is 0.493 e. The molecule has 0 saturated heterocycles. The molecule has 0 spiro atoms. The lowest BCUT2D eigenvalue weighted by atomic mass is 10.1. The number of hydrogen-bond acceptors (Lipinski definition) is 5. The third kappa shape index (κ3) is 4.23. The summed E-state index contributed by atoms with van der Waals surface area (Å²) in [7, 11) is 4.61. The van der Waals surface area contributed by atoms with Gasteiger partial charge in [0.1, 0.15) is 5.00 Å². The van der Waals surface area contributed by atoms with Crippen LogP contribution in [-0.2, 0) is 0 Å². The molecule has 0 radical (unpaired) electrons. The molecule has 160 valence electrons. The van der Waals surface area contributed by atoms with E-state index in [0.29, 0.717) is 22.9 Å². The minimum atomic E-state index is -0.321. The number of aryl methyl sites for hydroxylation is 1. The van der Waals surface area contributed by atoms with Gasteiger partial charge in [0, 0.05) is 35.0 Å². The van der Waals surface area contributed by atoms with Crippen molar-refractivity contribution in [2.45, 2.75) is 26.8 Å². The Kier molecular flexibility index (Phi) is 6.56. The molecule has 1 aromatic carbocycles. The Labute approximate surface area is 180 Å². The normalized spacial score (nSPS) is 11.7. The molecule has 1 atom stereocenters. The second-order valence-electron chi connectivity index (χ2n) is 6.83. The fourth-order valence-corrected chi connectivity index (χ4v) is 4.61. The molecule has 0 bridgehead atoms. The van der Waals surface area contributed by atoms with Gasteiger partial charge in [-0.3, -0.25) is 0 Å². The summed E-state index contributed by atoms with van der Waals surface area (Å²) in [6.45, 7) is 6.17. The highest BCUT2D eigenvalue weighted by atomic mass is 32.1. The highest BCUT2D eigenvalue weighted by molar-refractivity contribution is 7.14. The quantitative estimate of drug-likeness (QED) is 0.550. The van der Waals surface area contributed by atoms with Gasteiger partial charge in [-0.05, 0) is 38.5 Å². The Morgan fingerprint density at radius 2 is 1.63 bits per heavy atom. The maximum Gasteiger partial charge on any atom is 0.319 e. The Morgan fingerprint density at radius 3 is 2.17 bits per heavy atom. The monoisotopic (exact) mass is 429 g/mol. The predicted octanol–water partition coefficient (Wildman–Crippen LogP) is 5.06. The molecule has 2 heterocycles. The van der Waals surface area contributed by atoms with E-state index in [1.54, 1.807) is 23.5 Å². The smallest absolute Gasteiger partial charge is 0.319 e. The van der Waals surface area contributed by atoms with Crippen LogP contribution in [0.5, 0.6) is 17.2 Å². The molecule has 30 heavy (non-hydrogen) atoms. The molecule has 0 fully saturated rings. The topological polar surface area (TPSA) is 73.8 Å². The number of rotatable bonds is 7. The van der Waals surface area contributed by atoms with Crippen molar-refractivity contribution in [3.63, 3.8) is 0 Å². The van der Waals surface area contributed by atoms with Crippen molar-refractivity contribution in [2.24, 2.45) is 0 Å². The number of carbonyl (C=O) groups excluding carboxylic acids is 1. The molecule has 8 heteroatoms. The number of hydrogen-bond donors (Lipinski definition) is 2. The highest BCUT2D eigenvalue weighted by Crippen LogP contribution is 2.40. The minimum absolute atomic E-state index is 0.186. The van der Waals surface area contributed by atoms with Crippen molar-refractivity contribution in [1.82, 2.24) is 9.88 Å². The van der Waals surface area contributed by atoms with Gasteiger partial charge in [-0.1, -0.05) is 0 Å². The molecule has 0 unspecified atom stereocenters.